The summed E-state index contributed by atoms with van der Waals surface area (Å²) in [5.41, 5.74) is -0.0954. The summed E-state index contributed by atoms with van der Waals surface area (Å²) in [6, 6.07) is 13.9. The predicted octanol–water partition coefficient (Wildman–Crippen LogP) is 5.18. The molecule has 0 unspecified atom stereocenters. The molecule has 1 aromatic heterocycles. The first kappa shape index (κ1) is 24.4. The van der Waals surface area contributed by atoms with Crippen molar-refractivity contribution in [3.05, 3.63) is 88.7 Å². The highest BCUT2D eigenvalue weighted by Gasteiger charge is 2.22. The third-order valence-corrected chi connectivity index (χ3v) is 6.75. The summed E-state index contributed by atoms with van der Waals surface area (Å²) in [7, 11) is -2.76. The standard InChI is InChI=1S/C23H17BrF2N4O4S/c1-34-19-10-9-15(11-20(19)35(32,33)30-14-7-5-13(24)6-8-14)28-23(31)18-12-27-22(29-18)21-16(25)3-2-4-17(21)26/h2-12,30H,1H3,(H,27,29)(H,28,31). The number of halogens is 3. The number of ether oxygens (including phenoxy) is 1. The van der Waals surface area contributed by atoms with Crippen LogP contribution in [0.1, 0.15) is 10.5 Å². The van der Waals surface area contributed by atoms with E-state index >= 15 is 0 Å². The Morgan fingerprint density at radius 2 is 1.69 bits per heavy atom. The smallest absolute Gasteiger partial charge is 0.275 e. The SMILES string of the molecule is COc1ccc(NC(=O)c2c[nH]c(-c3c(F)cccc3F)n2)cc1S(=O)(=O)Nc1ccc(Br)cc1. The highest BCUT2D eigenvalue weighted by atomic mass is 79.9. The molecule has 35 heavy (non-hydrogen) atoms. The number of H-pyrrole nitrogens is 1. The Balaban J connectivity index is 1.59. The van der Waals surface area contributed by atoms with Crippen LogP contribution in [0.25, 0.3) is 11.4 Å². The lowest BCUT2D eigenvalue weighted by Crippen LogP contribution is -2.16. The van der Waals surface area contributed by atoms with Gasteiger partial charge in [-0.05, 0) is 54.6 Å². The van der Waals surface area contributed by atoms with Crippen molar-refractivity contribution in [3.8, 4) is 17.1 Å². The summed E-state index contributed by atoms with van der Waals surface area (Å²) >= 11 is 3.28. The zero-order valence-electron chi connectivity index (χ0n) is 18.0. The molecule has 0 radical (unpaired) electrons. The number of amides is 1. The largest absolute Gasteiger partial charge is 0.495 e. The molecule has 8 nitrogen and oxygen atoms in total. The molecule has 0 fully saturated rings. The number of rotatable bonds is 7. The van der Waals surface area contributed by atoms with Gasteiger partial charge in [-0.2, -0.15) is 0 Å². The summed E-state index contributed by atoms with van der Waals surface area (Å²) in [6.07, 6.45) is 1.19. The van der Waals surface area contributed by atoms with E-state index in [1.54, 1.807) is 24.3 Å². The van der Waals surface area contributed by atoms with E-state index < -0.39 is 33.1 Å². The molecule has 4 rings (SSSR count). The van der Waals surface area contributed by atoms with Gasteiger partial charge in [-0.1, -0.05) is 22.0 Å². The van der Waals surface area contributed by atoms with Gasteiger partial charge in [-0.3, -0.25) is 9.52 Å². The zero-order valence-corrected chi connectivity index (χ0v) is 20.4. The zero-order chi connectivity index (χ0) is 25.2. The molecule has 4 aromatic rings. The predicted molar refractivity (Wildman–Crippen MR) is 130 cm³/mol. The van der Waals surface area contributed by atoms with Gasteiger partial charge in [0.1, 0.15) is 33.8 Å². The van der Waals surface area contributed by atoms with E-state index in [1.807, 2.05) is 0 Å². The lowest BCUT2D eigenvalue weighted by atomic mass is 10.2. The van der Waals surface area contributed by atoms with Gasteiger partial charge in [0, 0.05) is 22.0 Å². The number of hydrogen-bond donors (Lipinski definition) is 3. The highest BCUT2D eigenvalue weighted by molar-refractivity contribution is 9.10. The fraction of sp³-hybridized carbons (Fsp3) is 0.0435. The maximum absolute atomic E-state index is 14.0. The summed E-state index contributed by atoms with van der Waals surface area (Å²) in [5, 5.41) is 2.52. The maximum Gasteiger partial charge on any atom is 0.275 e. The number of nitrogens with zero attached hydrogens (tertiary/aromatic N) is 1. The Kier molecular flexibility index (Phi) is 6.85. The number of carbonyl (C=O) groups is 1. The van der Waals surface area contributed by atoms with Crippen LogP contribution in [-0.2, 0) is 10.0 Å². The molecular formula is C23H17BrF2N4O4S. The van der Waals surface area contributed by atoms with Crippen molar-refractivity contribution >= 4 is 43.2 Å². The third-order valence-electron chi connectivity index (χ3n) is 4.82. The maximum atomic E-state index is 14.0. The Morgan fingerprint density at radius 1 is 1.03 bits per heavy atom. The number of hydrogen-bond acceptors (Lipinski definition) is 5. The van der Waals surface area contributed by atoms with Crippen LogP contribution in [-0.4, -0.2) is 31.4 Å². The average Bonchev–Trinajstić information content (AvgIpc) is 3.30. The topological polar surface area (TPSA) is 113 Å². The fourth-order valence-electron chi connectivity index (χ4n) is 3.18. The molecular weight excluding hydrogens is 546 g/mol. The van der Waals surface area contributed by atoms with E-state index in [-0.39, 0.29) is 27.9 Å². The normalized spacial score (nSPS) is 11.2. The van der Waals surface area contributed by atoms with Gasteiger partial charge >= 0.3 is 0 Å². The Labute approximate surface area is 207 Å². The first-order valence-electron chi connectivity index (χ1n) is 9.95. The number of methoxy groups -OCH3 is 1. The quantitative estimate of drug-likeness (QED) is 0.287. The van der Waals surface area contributed by atoms with Gasteiger partial charge in [-0.25, -0.2) is 22.2 Å². The van der Waals surface area contributed by atoms with Crippen molar-refractivity contribution in [1.82, 2.24) is 9.97 Å². The van der Waals surface area contributed by atoms with E-state index in [0.29, 0.717) is 5.69 Å². The van der Waals surface area contributed by atoms with Crippen LogP contribution in [0.3, 0.4) is 0 Å². The number of anilines is 2. The minimum absolute atomic E-state index is 0.0599. The first-order valence-corrected chi connectivity index (χ1v) is 12.2. The molecule has 0 aliphatic heterocycles. The van der Waals surface area contributed by atoms with Crippen molar-refractivity contribution in [1.29, 1.82) is 0 Å². The van der Waals surface area contributed by atoms with E-state index in [2.05, 4.69) is 35.9 Å². The summed E-state index contributed by atoms with van der Waals surface area (Å²) in [6.45, 7) is 0. The van der Waals surface area contributed by atoms with Crippen molar-refractivity contribution in [3.63, 3.8) is 0 Å². The molecule has 0 bridgehead atoms. The number of benzene rings is 3. The summed E-state index contributed by atoms with van der Waals surface area (Å²) in [4.78, 5) is 19.0. The van der Waals surface area contributed by atoms with Gasteiger partial charge in [-0.15, -0.1) is 0 Å². The van der Waals surface area contributed by atoms with Crippen LogP contribution in [0, 0.1) is 11.6 Å². The molecule has 0 aliphatic rings. The lowest BCUT2D eigenvalue weighted by molar-refractivity contribution is 0.102. The molecule has 0 aliphatic carbocycles. The van der Waals surface area contributed by atoms with E-state index in [0.717, 1.165) is 16.6 Å². The van der Waals surface area contributed by atoms with E-state index in [4.69, 9.17) is 4.74 Å². The number of aromatic nitrogens is 2. The Hall–Kier alpha value is -3.77. The molecule has 0 spiro atoms. The minimum atomic E-state index is -4.08. The molecule has 12 heteroatoms. The Morgan fingerprint density at radius 3 is 2.34 bits per heavy atom. The van der Waals surface area contributed by atoms with Gasteiger partial charge in [0.2, 0.25) is 0 Å². The third kappa shape index (κ3) is 5.33. The van der Waals surface area contributed by atoms with Crippen LogP contribution >= 0.6 is 15.9 Å². The minimum Gasteiger partial charge on any atom is -0.495 e. The second kappa shape index (κ2) is 9.84. The van der Waals surface area contributed by atoms with Crippen LogP contribution < -0.4 is 14.8 Å². The molecule has 1 heterocycles. The van der Waals surface area contributed by atoms with Crippen molar-refractivity contribution in [2.24, 2.45) is 0 Å². The first-order chi connectivity index (χ1) is 16.7. The van der Waals surface area contributed by atoms with Crippen molar-refractivity contribution in [2.75, 3.05) is 17.1 Å². The molecule has 3 N–H and O–H groups in total. The number of carbonyl (C=O) groups excluding carboxylic acids is 1. The van der Waals surface area contributed by atoms with E-state index in [9.17, 15) is 22.0 Å². The molecule has 0 saturated heterocycles. The van der Waals surface area contributed by atoms with Crippen molar-refractivity contribution < 1.29 is 26.7 Å². The Bertz CT molecular complexity index is 1490. The van der Waals surface area contributed by atoms with Gasteiger partial charge in [0.15, 0.2) is 0 Å². The summed E-state index contributed by atoms with van der Waals surface area (Å²) < 4.78 is 62.4. The van der Waals surface area contributed by atoms with E-state index in [1.165, 1.54) is 37.6 Å². The van der Waals surface area contributed by atoms with Crippen LogP contribution in [0.15, 0.2) is 76.2 Å². The van der Waals surface area contributed by atoms with Gasteiger partial charge in [0.25, 0.3) is 15.9 Å². The molecule has 0 atom stereocenters. The second-order valence-electron chi connectivity index (χ2n) is 7.16. The molecule has 1 amide bonds. The van der Waals surface area contributed by atoms with Crippen LogP contribution in [0.2, 0.25) is 0 Å². The lowest BCUT2D eigenvalue weighted by Gasteiger charge is -2.13. The monoisotopic (exact) mass is 562 g/mol. The number of imidazole rings is 1. The second-order valence-corrected chi connectivity index (χ2v) is 9.73. The highest BCUT2D eigenvalue weighted by Crippen LogP contribution is 2.30. The summed E-state index contributed by atoms with van der Waals surface area (Å²) in [5.74, 6) is -2.50. The molecule has 180 valence electrons. The molecule has 0 saturated carbocycles. The number of aromatic amines is 1. The van der Waals surface area contributed by atoms with Gasteiger partial charge in [0.05, 0.1) is 12.7 Å². The average molecular weight is 563 g/mol. The molecule has 3 aromatic carbocycles. The van der Waals surface area contributed by atoms with Gasteiger partial charge < -0.3 is 15.0 Å². The van der Waals surface area contributed by atoms with Crippen LogP contribution in [0.5, 0.6) is 5.75 Å². The number of sulfonamides is 1. The van der Waals surface area contributed by atoms with Crippen LogP contribution in [0.4, 0.5) is 20.2 Å². The number of nitrogens with one attached hydrogen (secondary N) is 3. The fourth-order valence-corrected chi connectivity index (χ4v) is 4.70. The van der Waals surface area contributed by atoms with Crippen molar-refractivity contribution in [2.45, 2.75) is 4.90 Å².